The molecule has 16 heavy (non-hydrogen) atoms. The van der Waals surface area contributed by atoms with Gasteiger partial charge >= 0.3 is 0 Å². The lowest BCUT2D eigenvalue weighted by molar-refractivity contribution is 0.153. The highest BCUT2D eigenvalue weighted by atomic mass is 16.5. The zero-order valence-electron chi connectivity index (χ0n) is 10.2. The van der Waals surface area contributed by atoms with Crippen LogP contribution in [0.4, 0.5) is 0 Å². The zero-order valence-corrected chi connectivity index (χ0v) is 10.2. The van der Waals surface area contributed by atoms with E-state index in [1.54, 1.807) is 5.57 Å². The van der Waals surface area contributed by atoms with Gasteiger partial charge in [0.25, 0.3) is 0 Å². The van der Waals surface area contributed by atoms with Crippen LogP contribution in [-0.4, -0.2) is 39.0 Å². The fraction of sp³-hybridized carbons (Fsp3) is 0.846. The molecular weight excluding hydrogens is 202 g/mol. The highest BCUT2D eigenvalue weighted by molar-refractivity contribution is 5.04. The molecule has 0 spiro atoms. The van der Waals surface area contributed by atoms with Crippen molar-refractivity contribution in [3.63, 3.8) is 0 Å². The smallest absolute Gasteiger partial charge is 0.0650 e. The van der Waals surface area contributed by atoms with Gasteiger partial charge < -0.3 is 14.8 Å². The molecule has 2 atom stereocenters. The molecule has 92 valence electrons. The number of nitrogens with one attached hydrogen (secondary N) is 1. The Kier molecular flexibility index (Phi) is 4.82. The summed E-state index contributed by atoms with van der Waals surface area (Å²) in [7, 11) is 0. The lowest BCUT2D eigenvalue weighted by Gasteiger charge is -2.20. The third-order valence-electron chi connectivity index (χ3n) is 3.64. The third kappa shape index (κ3) is 3.58. The van der Waals surface area contributed by atoms with Crippen LogP contribution in [0.15, 0.2) is 11.6 Å². The molecule has 2 aliphatic heterocycles. The first-order valence-electron chi connectivity index (χ1n) is 6.43. The van der Waals surface area contributed by atoms with E-state index in [1.165, 1.54) is 12.8 Å². The number of hydrogen-bond donors (Lipinski definition) is 1. The highest BCUT2D eigenvalue weighted by Gasteiger charge is 2.21. The number of ether oxygens (including phenoxy) is 2. The largest absolute Gasteiger partial charge is 0.381 e. The van der Waals surface area contributed by atoms with Crippen LogP contribution in [0.25, 0.3) is 0 Å². The van der Waals surface area contributed by atoms with Crippen molar-refractivity contribution in [3.05, 3.63) is 11.6 Å². The fourth-order valence-electron chi connectivity index (χ4n) is 2.37. The quantitative estimate of drug-likeness (QED) is 0.723. The van der Waals surface area contributed by atoms with Crippen molar-refractivity contribution in [3.8, 4) is 0 Å². The summed E-state index contributed by atoms with van der Waals surface area (Å²) in [5, 5.41) is 3.61. The van der Waals surface area contributed by atoms with E-state index < -0.39 is 0 Å². The second-order valence-electron chi connectivity index (χ2n) is 4.80. The van der Waals surface area contributed by atoms with Crippen LogP contribution >= 0.6 is 0 Å². The minimum atomic E-state index is 0.586. The summed E-state index contributed by atoms with van der Waals surface area (Å²) < 4.78 is 10.7. The Morgan fingerprint density at radius 1 is 1.44 bits per heavy atom. The molecular formula is C13H23NO2. The van der Waals surface area contributed by atoms with Crippen molar-refractivity contribution in [2.45, 2.75) is 32.2 Å². The summed E-state index contributed by atoms with van der Waals surface area (Å²) in [4.78, 5) is 0. The van der Waals surface area contributed by atoms with Gasteiger partial charge in [-0.05, 0) is 38.6 Å². The second-order valence-corrected chi connectivity index (χ2v) is 4.80. The molecule has 2 unspecified atom stereocenters. The number of rotatable bonds is 5. The molecule has 0 bridgehead atoms. The van der Waals surface area contributed by atoms with Gasteiger partial charge in [-0.25, -0.2) is 0 Å². The van der Waals surface area contributed by atoms with Gasteiger partial charge in [0.2, 0.25) is 0 Å². The Morgan fingerprint density at radius 3 is 3.06 bits per heavy atom. The van der Waals surface area contributed by atoms with Crippen LogP contribution < -0.4 is 5.32 Å². The molecule has 0 aromatic heterocycles. The third-order valence-corrected chi connectivity index (χ3v) is 3.64. The SMILES string of the molecule is CC(NCCC1=CCOCC1)C1CCOC1. The average molecular weight is 225 g/mol. The normalized spacial score (nSPS) is 27.8. The molecule has 1 fully saturated rings. The first-order valence-corrected chi connectivity index (χ1v) is 6.43. The molecule has 1 saturated heterocycles. The van der Waals surface area contributed by atoms with Crippen molar-refractivity contribution >= 4 is 0 Å². The monoisotopic (exact) mass is 225 g/mol. The van der Waals surface area contributed by atoms with Crippen molar-refractivity contribution in [2.24, 2.45) is 5.92 Å². The Labute approximate surface area is 98.2 Å². The Bertz CT molecular complexity index is 234. The molecule has 0 aliphatic carbocycles. The minimum absolute atomic E-state index is 0.586. The number of hydrogen-bond acceptors (Lipinski definition) is 3. The van der Waals surface area contributed by atoms with Crippen molar-refractivity contribution in [2.75, 3.05) is 33.0 Å². The van der Waals surface area contributed by atoms with Gasteiger partial charge in [0, 0.05) is 12.6 Å². The second kappa shape index (κ2) is 6.38. The van der Waals surface area contributed by atoms with Crippen LogP contribution in [0.5, 0.6) is 0 Å². The zero-order chi connectivity index (χ0) is 11.2. The molecule has 0 saturated carbocycles. The van der Waals surface area contributed by atoms with Crippen LogP contribution in [0.3, 0.4) is 0 Å². The average Bonchev–Trinajstić information content (AvgIpc) is 2.84. The van der Waals surface area contributed by atoms with Gasteiger partial charge in [-0.1, -0.05) is 11.6 Å². The topological polar surface area (TPSA) is 30.5 Å². The van der Waals surface area contributed by atoms with E-state index in [-0.39, 0.29) is 0 Å². The highest BCUT2D eigenvalue weighted by Crippen LogP contribution is 2.17. The molecule has 0 aromatic rings. The summed E-state index contributed by atoms with van der Waals surface area (Å²) in [6, 6.07) is 0.586. The summed E-state index contributed by atoms with van der Waals surface area (Å²) in [5.74, 6) is 0.712. The first kappa shape index (κ1) is 12.1. The van der Waals surface area contributed by atoms with E-state index >= 15 is 0 Å². The molecule has 1 N–H and O–H groups in total. The van der Waals surface area contributed by atoms with Crippen LogP contribution in [0.2, 0.25) is 0 Å². The predicted molar refractivity (Wildman–Crippen MR) is 64.5 cm³/mol. The predicted octanol–water partition coefficient (Wildman–Crippen LogP) is 1.74. The van der Waals surface area contributed by atoms with Crippen molar-refractivity contribution in [1.82, 2.24) is 5.32 Å². The molecule has 0 radical (unpaired) electrons. The first-order chi connectivity index (χ1) is 7.86. The van der Waals surface area contributed by atoms with Crippen molar-refractivity contribution in [1.29, 1.82) is 0 Å². The lowest BCUT2D eigenvalue weighted by atomic mass is 10.0. The molecule has 0 amide bonds. The summed E-state index contributed by atoms with van der Waals surface area (Å²) in [5.41, 5.74) is 1.55. The van der Waals surface area contributed by atoms with Crippen LogP contribution in [0.1, 0.15) is 26.2 Å². The van der Waals surface area contributed by atoms with E-state index in [1.807, 2.05) is 0 Å². The molecule has 3 nitrogen and oxygen atoms in total. The summed E-state index contributed by atoms with van der Waals surface area (Å²) in [6.07, 6.45) is 5.73. The standard InChI is InChI=1S/C13H23NO2/c1-11(13-5-9-16-10-13)14-6-2-12-3-7-15-8-4-12/h3,11,13-14H,2,4-10H2,1H3. The lowest BCUT2D eigenvalue weighted by Crippen LogP contribution is -2.34. The Morgan fingerprint density at radius 2 is 2.38 bits per heavy atom. The van der Waals surface area contributed by atoms with Gasteiger partial charge in [-0.3, -0.25) is 0 Å². The van der Waals surface area contributed by atoms with E-state index in [0.29, 0.717) is 12.0 Å². The van der Waals surface area contributed by atoms with Gasteiger partial charge in [-0.15, -0.1) is 0 Å². The minimum Gasteiger partial charge on any atom is -0.381 e. The van der Waals surface area contributed by atoms with Crippen LogP contribution in [0, 0.1) is 5.92 Å². The maximum atomic E-state index is 5.41. The van der Waals surface area contributed by atoms with E-state index in [2.05, 4.69) is 18.3 Å². The molecule has 2 aliphatic rings. The van der Waals surface area contributed by atoms with Gasteiger partial charge in [0.1, 0.15) is 0 Å². The summed E-state index contributed by atoms with van der Waals surface area (Å²) >= 11 is 0. The van der Waals surface area contributed by atoms with Gasteiger partial charge in [-0.2, -0.15) is 0 Å². The van der Waals surface area contributed by atoms with Gasteiger partial charge in [0.15, 0.2) is 0 Å². The van der Waals surface area contributed by atoms with E-state index in [0.717, 1.165) is 39.4 Å². The molecule has 0 aromatic carbocycles. The molecule has 2 rings (SSSR count). The molecule has 2 heterocycles. The summed E-state index contributed by atoms with van der Waals surface area (Å²) in [6.45, 7) is 6.95. The van der Waals surface area contributed by atoms with Crippen LogP contribution in [-0.2, 0) is 9.47 Å². The van der Waals surface area contributed by atoms with Crippen molar-refractivity contribution < 1.29 is 9.47 Å². The van der Waals surface area contributed by atoms with E-state index in [9.17, 15) is 0 Å². The van der Waals surface area contributed by atoms with Gasteiger partial charge in [0.05, 0.1) is 19.8 Å². The Hall–Kier alpha value is -0.380. The molecule has 3 heteroatoms. The van der Waals surface area contributed by atoms with E-state index in [4.69, 9.17) is 9.47 Å². The fourth-order valence-corrected chi connectivity index (χ4v) is 2.37. The maximum absolute atomic E-state index is 5.41. The maximum Gasteiger partial charge on any atom is 0.0650 e. The Balaban J connectivity index is 1.61.